The number of aromatic nitrogens is 2. The van der Waals surface area contributed by atoms with E-state index in [0.717, 1.165) is 24.5 Å². The maximum absolute atomic E-state index is 12.2. The highest BCUT2D eigenvalue weighted by Gasteiger charge is 2.40. The highest BCUT2D eigenvalue weighted by molar-refractivity contribution is 5.84. The number of aromatic amines is 1. The van der Waals surface area contributed by atoms with Crippen molar-refractivity contribution in [2.24, 2.45) is 0 Å². The maximum atomic E-state index is 12.2. The van der Waals surface area contributed by atoms with Crippen LogP contribution in [0.15, 0.2) is 6.33 Å². The number of nitrogens with one attached hydrogen (secondary N) is 1. The molecule has 6 nitrogen and oxygen atoms in total. The Morgan fingerprint density at radius 2 is 2.37 bits per heavy atom. The Kier molecular flexibility index (Phi) is 3.91. The molecule has 1 aromatic heterocycles. The van der Waals surface area contributed by atoms with E-state index in [1.807, 2.05) is 13.8 Å². The first-order valence-electron chi connectivity index (χ1n) is 6.49. The molecule has 2 heterocycles. The standard InChI is InChI=1S/C13H22N4O2/c1-10-11(15-9-14-10)7-17-5-6-19-13(2,8-17)12(18)16(3)4/h9H,5-8H2,1-4H3,(H,14,15)/t13-/m0/s1. The van der Waals surface area contributed by atoms with Gasteiger partial charge in [0.05, 0.1) is 18.6 Å². The summed E-state index contributed by atoms with van der Waals surface area (Å²) in [5.41, 5.74) is 1.35. The quantitative estimate of drug-likeness (QED) is 0.860. The molecule has 1 N–H and O–H groups in total. The molecule has 0 saturated carbocycles. The number of H-pyrrole nitrogens is 1. The van der Waals surface area contributed by atoms with E-state index in [1.165, 1.54) is 0 Å². The van der Waals surface area contributed by atoms with E-state index in [2.05, 4.69) is 14.9 Å². The van der Waals surface area contributed by atoms with Gasteiger partial charge in [0.25, 0.3) is 5.91 Å². The lowest BCUT2D eigenvalue weighted by Crippen LogP contribution is -2.57. The number of carbonyl (C=O) groups excluding carboxylic acids is 1. The Hall–Kier alpha value is -1.40. The topological polar surface area (TPSA) is 61.5 Å². The van der Waals surface area contributed by atoms with Crippen molar-refractivity contribution in [2.45, 2.75) is 26.0 Å². The second-order valence-corrected chi connectivity index (χ2v) is 5.46. The van der Waals surface area contributed by atoms with Crippen molar-refractivity contribution in [2.75, 3.05) is 33.8 Å². The van der Waals surface area contributed by atoms with Crippen molar-refractivity contribution in [3.8, 4) is 0 Å². The third-order valence-electron chi connectivity index (χ3n) is 3.52. The lowest BCUT2D eigenvalue weighted by Gasteiger charge is -2.40. The SMILES string of the molecule is Cc1[nH]cnc1CN1CCO[C@](C)(C(=O)N(C)C)C1. The van der Waals surface area contributed by atoms with E-state index in [-0.39, 0.29) is 5.91 Å². The maximum Gasteiger partial charge on any atom is 0.255 e. The largest absolute Gasteiger partial charge is 0.363 e. The molecule has 6 heteroatoms. The van der Waals surface area contributed by atoms with Gasteiger partial charge in [0, 0.05) is 39.4 Å². The molecule has 0 aliphatic carbocycles. The zero-order chi connectivity index (χ0) is 14.0. The molecule has 19 heavy (non-hydrogen) atoms. The van der Waals surface area contributed by atoms with E-state index in [4.69, 9.17) is 4.74 Å². The summed E-state index contributed by atoms with van der Waals surface area (Å²) in [4.78, 5) is 23.4. The summed E-state index contributed by atoms with van der Waals surface area (Å²) in [7, 11) is 3.52. The Bertz CT molecular complexity index is 457. The van der Waals surface area contributed by atoms with Gasteiger partial charge in [0.1, 0.15) is 0 Å². The van der Waals surface area contributed by atoms with Crippen LogP contribution in [0.1, 0.15) is 18.3 Å². The minimum atomic E-state index is -0.758. The van der Waals surface area contributed by atoms with Crippen LogP contribution in [-0.4, -0.2) is 65.1 Å². The lowest BCUT2D eigenvalue weighted by molar-refractivity contribution is -0.165. The number of hydrogen-bond acceptors (Lipinski definition) is 4. The minimum Gasteiger partial charge on any atom is -0.363 e. The van der Waals surface area contributed by atoms with Crippen LogP contribution < -0.4 is 0 Å². The number of nitrogens with zero attached hydrogens (tertiary/aromatic N) is 3. The van der Waals surface area contributed by atoms with Gasteiger partial charge in [-0.25, -0.2) is 4.98 Å². The molecule has 106 valence electrons. The average molecular weight is 266 g/mol. The van der Waals surface area contributed by atoms with Crippen LogP contribution in [0, 0.1) is 6.92 Å². The molecular weight excluding hydrogens is 244 g/mol. The zero-order valence-electron chi connectivity index (χ0n) is 12.1. The van der Waals surface area contributed by atoms with Gasteiger partial charge in [-0.1, -0.05) is 0 Å². The first-order valence-corrected chi connectivity index (χ1v) is 6.49. The van der Waals surface area contributed by atoms with Crippen LogP contribution in [-0.2, 0) is 16.1 Å². The van der Waals surface area contributed by atoms with Crippen molar-refractivity contribution < 1.29 is 9.53 Å². The van der Waals surface area contributed by atoms with Gasteiger partial charge in [-0.3, -0.25) is 9.69 Å². The van der Waals surface area contributed by atoms with Crippen LogP contribution in [0.25, 0.3) is 0 Å². The van der Waals surface area contributed by atoms with E-state index < -0.39 is 5.60 Å². The molecular formula is C13H22N4O2. The molecule has 1 aliphatic heterocycles. The molecule has 1 aromatic rings. The summed E-state index contributed by atoms with van der Waals surface area (Å²) >= 11 is 0. The van der Waals surface area contributed by atoms with E-state index in [9.17, 15) is 4.79 Å². The van der Waals surface area contributed by atoms with Crippen molar-refractivity contribution in [3.63, 3.8) is 0 Å². The number of morpholine rings is 1. The molecule has 1 fully saturated rings. The Morgan fingerprint density at radius 1 is 1.63 bits per heavy atom. The lowest BCUT2D eigenvalue weighted by atomic mass is 10.0. The summed E-state index contributed by atoms with van der Waals surface area (Å²) in [5, 5.41) is 0. The summed E-state index contributed by atoms with van der Waals surface area (Å²) in [6.45, 7) is 6.60. The number of hydrogen-bond donors (Lipinski definition) is 1. The molecule has 0 radical (unpaired) electrons. The van der Waals surface area contributed by atoms with Gasteiger partial charge in [-0.2, -0.15) is 0 Å². The number of imidazole rings is 1. The fraction of sp³-hybridized carbons (Fsp3) is 0.692. The zero-order valence-corrected chi connectivity index (χ0v) is 12.1. The molecule has 0 bridgehead atoms. The second kappa shape index (κ2) is 5.30. The first-order chi connectivity index (χ1) is 8.92. The number of amides is 1. The Balaban J connectivity index is 2.05. The number of ether oxygens (including phenoxy) is 1. The third kappa shape index (κ3) is 2.96. The molecule has 0 unspecified atom stereocenters. The normalized spacial score (nSPS) is 24.4. The molecule has 0 aromatic carbocycles. The summed E-state index contributed by atoms with van der Waals surface area (Å²) < 4.78 is 5.71. The van der Waals surface area contributed by atoms with Crippen molar-refractivity contribution in [3.05, 3.63) is 17.7 Å². The van der Waals surface area contributed by atoms with Gasteiger partial charge >= 0.3 is 0 Å². The number of rotatable bonds is 3. The molecule has 1 atom stereocenters. The smallest absolute Gasteiger partial charge is 0.255 e. The Labute approximate surface area is 113 Å². The minimum absolute atomic E-state index is 0.0101. The van der Waals surface area contributed by atoms with Crippen LogP contribution in [0.5, 0.6) is 0 Å². The second-order valence-electron chi connectivity index (χ2n) is 5.46. The van der Waals surface area contributed by atoms with Gasteiger partial charge in [0.2, 0.25) is 0 Å². The fourth-order valence-corrected chi connectivity index (χ4v) is 2.45. The molecule has 2 rings (SSSR count). The third-order valence-corrected chi connectivity index (χ3v) is 3.52. The average Bonchev–Trinajstić information content (AvgIpc) is 2.74. The summed E-state index contributed by atoms with van der Waals surface area (Å²) in [6.07, 6.45) is 1.70. The summed E-state index contributed by atoms with van der Waals surface area (Å²) in [6, 6.07) is 0. The van der Waals surface area contributed by atoms with Gasteiger partial charge in [-0.05, 0) is 13.8 Å². The predicted octanol–water partition coefficient (Wildman–Crippen LogP) is 0.397. The van der Waals surface area contributed by atoms with Crippen molar-refractivity contribution in [1.82, 2.24) is 19.8 Å². The first kappa shape index (κ1) is 14.0. The Morgan fingerprint density at radius 3 is 2.95 bits per heavy atom. The van der Waals surface area contributed by atoms with Crippen LogP contribution in [0.4, 0.5) is 0 Å². The molecule has 1 aliphatic rings. The van der Waals surface area contributed by atoms with E-state index >= 15 is 0 Å². The highest BCUT2D eigenvalue weighted by Crippen LogP contribution is 2.21. The highest BCUT2D eigenvalue weighted by atomic mass is 16.5. The van der Waals surface area contributed by atoms with E-state index in [0.29, 0.717) is 13.2 Å². The van der Waals surface area contributed by atoms with Gasteiger partial charge < -0.3 is 14.6 Å². The predicted molar refractivity (Wildman–Crippen MR) is 71.7 cm³/mol. The number of likely N-dealkylation sites (N-methyl/N-ethyl adjacent to an activating group) is 1. The van der Waals surface area contributed by atoms with E-state index in [1.54, 1.807) is 25.3 Å². The van der Waals surface area contributed by atoms with Gasteiger partial charge in [-0.15, -0.1) is 0 Å². The molecule has 1 saturated heterocycles. The fourth-order valence-electron chi connectivity index (χ4n) is 2.45. The number of carbonyl (C=O) groups is 1. The van der Waals surface area contributed by atoms with Crippen LogP contribution >= 0.6 is 0 Å². The number of aryl methyl sites for hydroxylation is 1. The molecule has 1 amide bonds. The molecule has 0 spiro atoms. The van der Waals surface area contributed by atoms with Crippen molar-refractivity contribution in [1.29, 1.82) is 0 Å². The van der Waals surface area contributed by atoms with Crippen LogP contribution in [0.2, 0.25) is 0 Å². The van der Waals surface area contributed by atoms with Gasteiger partial charge in [0.15, 0.2) is 5.60 Å². The van der Waals surface area contributed by atoms with Crippen molar-refractivity contribution >= 4 is 5.91 Å². The summed E-state index contributed by atoms with van der Waals surface area (Å²) in [5.74, 6) is 0.0101. The van der Waals surface area contributed by atoms with Crippen LogP contribution in [0.3, 0.4) is 0 Å². The monoisotopic (exact) mass is 266 g/mol.